The summed E-state index contributed by atoms with van der Waals surface area (Å²) in [5, 5.41) is 9.94. The molecular formula is C14H18N4O2S. The highest BCUT2D eigenvalue weighted by Gasteiger charge is 2.24. The largest absolute Gasteiger partial charge is 0.312 e. The van der Waals surface area contributed by atoms with Crippen molar-refractivity contribution >= 4 is 15.7 Å². The molecule has 3 rings (SSSR count). The molecule has 112 valence electrons. The second-order valence-corrected chi connectivity index (χ2v) is 6.86. The van der Waals surface area contributed by atoms with E-state index >= 15 is 0 Å². The molecule has 0 unspecified atom stereocenters. The van der Waals surface area contributed by atoms with Crippen molar-refractivity contribution in [3.05, 3.63) is 40.7 Å². The van der Waals surface area contributed by atoms with Gasteiger partial charge in [0.2, 0.25) is 0 Å². The van der Waals surface area contributed by atoms with Crippen molar-refractivity contribution < 1.29 is 8.42 Å². The summed E-state index contributed by atoms with van der Waals surface area (Å²) >= 11 is 0. The van der Waals surface area contributed by atoms with Crippen LogP contribution in [0.2, 0.25) is 0 Å². The van der Waals surface area contributed by atoms with Crippen molar-refractivity contribution in [1.82, 2.24) is 15.5 Å². The molecule has 21 heavy (non-hydrogen) atoms. The van der Waals surface area contributed by atoms with Crippen LogP contribution in [0.15, 0.2) is 23.1 Å². The Morgan fingerprint density at radius 3 is 2.81 bits per heavy atom. The van der Waals surface area contributed by atoms with Crippen molar-refractivity contribution in [2.75, 3.05) is 11.3 Å². The van der Waals surface area contributed by atoms with Gasteiger partial charge in [0.15, 0.2) is 0 Å². The number of rotatable bonds is 3. The van der Waals surface area contributed by atoms with Gasteiger partial charge in [-0.05, 0) is 44.0 Å². The molecule has 6 nitrogen and oxygen atoms in total. The highest BCUT2D eigenvalue weighted by Crippen LogP contribution is 2.26. The normalized spacial score (nSPS) is 14.8. The van der Waals surface area contributed by atoms with E-state index in [1.54, 1.807) is 19.9 Å². The molecule has 0 bridgehead atoms. The third-order valence-corrected chi connectivity index (χ3v) is 5.35. The Morgan fingerprint density at radius 1 is 1.29 bits per heavy atom. The van der Waals surface area contributed by atoms with E-state index in [1.807, 2.05) is 12.1 Å². The molecule has 0 aliphatic carbocycles. The van der Waals surface area contributed by atoms with Gasteiger partial charge in [0, 0.05) is 6.54 Å². The fourth-order valence-corrected chi connectivity index (χ4v) is 4.21. The summed E-state index contributed by atoms with van der Waals surface area (Å²) in [6.45, 7) is 4.98. The first-order valence-electron chi connectivity index (χ1n) is 6.85. The zero-order chi connectivity index (χ0) is 15.0. The lowest BCUT2D eigenvalue weighted by Gasteiger charge is -2.21. The van der Waals surface area contributed by atoms with E-state index in [0.717, 1.165) is 18.5 Å². The van der Waals surface area contributed by atoms with Gasteiger partial charge in [0.05, 0.1) is 17.1 Å². The van der Waals surface area contributed by atoms with E-state index < -0.39 is 10.0 Å². The number of nitrogens with one attached hydrogen (secondary N) is 3. The van der Waals surface area contributed by atoms with Crippen LogP contribution >= 0.6 is 0 Å². The van der Waals surface area contributed by atoms with Crippen molar-refractivity contribution in [3.63, 3.8) is 0 Å². The van der Waals surface area contributed by atoms with Crippen LogP contribution in [0.5, 0.6) is 0 Å². The Morgan fingerprint density at radius 2 is 2.10 bits per heavy atom. The molecule has 0 spiro atoms. The maximum Gasteiger partial charge on any atom is 0.265 e. The first-order chi connectivity index (χ1) is 9.99. The number of anilines is 1. The summed E-state index contributed by atoms with van der Waals surface area (Å²) in [5.74, 6) is 0. The standard InChI is InChI=1S/C14H18N4O2S/c1-9-14(10(2)17-16-9)21(19,20)18-13-5-3-4-11-6-7-15-8-12(11)13/h3-5,15,18H,6-8H2,1-2H3,(H,16,17). The first kappa shape index (κ1) is 14.1. The molecule has 0 saturated heterocycles. The summed E-state index contributed by atoms with van der Waals surface area (Å²) in [6.07, 6.45) is 0.911. The number of hydrogen-bond donors (Lipinski definition) is 3. The number of nitrogens with zero attached hydrogens (tertiary/aromatic N) is 1. The fourth-order valence-electron chi connectivity index (χ4n) is 2.74. The highest BCUT2D eigenvalue weighted by molar-refractivity contribution is 7.92. The van der Waals surface area contributed by atoms with Gasteiger partial charge in [-0.1, -0.05) is 12.1 Å². The van der Waals surface area contributed by atoms with Gasteiger partial charge in [0.1, 0.15) is 4.90 Å². The van der Waals surface area contributed by atoms with Crippen LogP contribution in [0.25, 0.3) is 0 Å². The van der Waals surface area contributed by atoms with Crippen molar-refractivity contribution in [2.45, 2.75) is 31.7 Å². The molecule has 1 aromatic carbocycles. The van der Waals surface area contributed by atoms with E-state index in [4.69, 9.17) is 0 Å². The average Bonchev–Trinajstić information content (AvgIpc) is 2.79. The van der Waals surface area contributed by atoms with Crippen LogP contribution in [-0.2, 0) is 23.0 Å². The maximum atomic E-state index is 12.6. The van der Waals surface area contributed by atoms with E-state index in [9.17, 15) is 8.42 Å². The maximum absolute atomic E-state index is 12.6. The Kier molecular flexibility index (Phi) is 3.46. The van der Waals surface area contributed by atoms with E-state index in [2.05, 4.69) is 20.2 Å². The van der Waals surface area contributed by atoms with Gasteiger partial charge in [0.25, 0.3) is 10.0 Å². The summed E-state index contributed by atoms with van der Waals surface area (Å²) in [4.78, 5) is 0.226. The van der Waals surface area contributed by atoms with Gasteiger partial charge < -0.3 is 5.32 Å². The van der Waals surface area contributed by atoms with Crippen molar-refractivity contribution in [3.8, 4) is 0 Å². The Labute approximate surface area is 124 Å². The summed E-state index contributed by atoms with van der Waals surface area (Å²) in [5.41, 5.74) is 3.87. The number of sulfonamides is 1. The molecule has 3 N–H and O–H groups in total. The molecule has 7 heteroatoms. The van der Waals surface area contributed by atoms with Gasteiger partial charge in [-0.15, -0.1) is 0 Å². The minimum atomic E-state index is -3.64. The third-order valence-electron chi connectivity index (χ3n) is 3.72. The van der Waals surface area contributed by atoms with Crippen LogP contribution in [-0.4, -0.2) is 25.2 Å². The van der Waals surface area contributed by atoms with Gasteiger partial charge >= 0.3 is 0 Å². The second kappa shape index (κ2) is 5.16. The van der Waals surface area contributed by atoms with Gasteiger partial charge in [-0.2, -0.15) is 5.10 Å². The Balaban J connectivity index is 2.01. The molecule has 0 fully saturated rings. The topological polar surface area (TPSA) is 86.9 Å². The molecule has 0 atom stereocenters. The van der Waals surface area contributed by atoms with Gasteiger partial charge in [-0.3, -0.25) is 9.82 Å². The third kappa shape index (κ3) is 2.54. The SMILES string of the molecule is Cc1n[nH]c(C)c1S(=O)(=O)Nc1cccc2c1CNCC2. The minimum Gasteiger partial charge on any atom is -0.312 e. The predicted molar refractivity (Wildman–Crippen MR) is 80.7 cm³/mol. The molecule has 1 aliphatic rings. The van der Waals surface area contributed by atoms with Crippen LogP contribution in [0.3, 0.4) is 0 Å². The number of hydrogen-bond acceptors (Lipinski definition) is 4. The fraction of sp³-hybridized carbons (Fsp3) is 0.357. The first-order valence-corrected chi connectivity index (χ1v) is 8.33. The molecular weight excluding hydrogens is 288 g/mol. The number of aromatic nitrogens is 2. The molecule has 1 aliphatic heterocycles. The number of H-pyrrole nitrogens is 1. The van der Waals surface area contributed by atoms with Crippen LogP contribution < -0.4 is 10.0 Å². The number of aryl methyl sites for hydroxylation is 2. The molecule has 0 radical (unpaired) electrons. The lowest BCUT2D eigenvalue weighted by Crippen LogP contribution is -2.25. The number of fused-ring (bicyclic) bond motifs is 1. The van der Waals surface area contributed by atoms with E-state index in [1.165, 1.54) is 5.56 Å². The highest BCUT2D eigenvalue weighted by atomic mass is 32.2. The number of aromatic amines is 1. The molecule has 0 saturated carbocycles. The van der Waals surface area contributed by atoms with Crippen LogP contribution in [0, 0.1) is 13.8 Å². The Hall–Kier alpha value is -1.86. The molecule has 2 aromatic rings. The quantitative estimate of drug-likeness (QED) is 0.801. The summed E-state index contributed by atoms with van der Waals surface area (Å²) in [6, 6.07) is 5.73. The minimum absolute atomic E-state index is 0.226. The summed E-state index contributed by atoms with van der Waals surface area (Å²) in [7, 11) is -3.64. The smallest absolute Gasteiger partial charge is 0.265 e. The monoisotopic (exact) mass is 306 g/mol. The van der Waals surface area contributed by atoms with Crippen LogP contribution in [0.4, 0.5) is 5.69 Å². The number of benzene rings is 1. The van der Waals surface area contributed by atoms with E-state index in [-0.39, 0.29) is 4.90 Å². The molecule has 2 heterocycles. The lowest BCUT2D eigenvalue weighted by molar-refractivity contribution is 0.599. The average molecular weight is 306 g/mol. The Bertz CT molecular complexity index is 761. The van der Waals surface area contributed by atoms with E-state index in [0.29, 0.717) is 23.6 Å². The molecule has 1 aromatic heterocycles. The van der Waals surface area contributed by atoms with Crippen molar-refractivity contribution in [2.24, 2.45) is 0 Å². The molecule has 0 amide bonds. The zero-order valence-electron chi connectivity index (χ0n) is 12.0. The predicted octanol–water partition coefficient (Wildman–Crippen LogP) is 1.47. The van der Waals surface area contributed by atoms with Crippen LogP contribution in [0.1, 0.15) is 22.5 Å². The zero-order valence-corrected chi connectivity index (χ0v) is 12.8. The van der Waals surface area contributed by atoms with Crippen molar-refractivity contribution in [1.29, 1.82) is 0 Å². The lowest BCUT2D eigenvalue weighted by atomic mass is 10.00. The summed E-state index contributed by atoms with van der Waals surface area (Å²) < 4.78 is 27.9. The second-order valence-electron chi connectivity index (χ2n) is 5.24. The van der Waals surface area contributed by atoms with Gasteiger partial charge in [-0.25, -0.2) is 8.42 Å².